The molecule has 1 radical (unpaired) electrons. The van der Waals surface area contributed by atoms with Crippen LogP contribution in [0, 0.1) is 6.42 Å². The van der Waals surface area contributed by atoms with Crippen molar-refractivity contribution in [2.75, 3.05) is 0 Å². The fourth-order valence-electron chi connectivity index (χ4n) is 0. The number of hydrogen-bond donors (Lipinski definition) is 0. The first-order valence-corrected chi connectivity index (χ1v) is 1.15. The first kappa shape index (κ1) is 26.0. The Labute approximate surface area is 71.0 Å². The van der Waals surface area contributed by atoms with Crippen LogP contribution in [0.3, 0.4) is 0 Å². The Kier molecular flexibility index (Phi) is 138. The largest absolute Gasteiger partial charge is 3.00 e. The molecule has 0 aliphatic heterocycles. The molecule has 6 heavy (non-hydrogen) atoms. The fraction of sp³-hybridized carbons (Fsp3) is 0.667. The first-order chi connectivity index (χ1) is 1.41. The molecule has 0 N–H and O–H groups in total. The molecular formula is C3H7Cl2Zr. The van der Waals surface area contributed by atoms with E-state index in [-0.39, 0.29) is 51.0 Å². The second-order valence-electron chi connectivity index (χ2n) is 0.577. The fourth-order valence-corrected chi connectivity index (χ4v) is 0. The minimum atomic E-state index is 0. The number of halogens is 2. The van der Waals surface area contributed by atoms with Gasteiger partial charge in [0.1, 0.15) is 0 Å². The summed E-state index contributed by atoms with van der Waals surface area (Å²) in [5.74, 6) is 0. The van der Waals surface area contributed by atoms with Crippen LogP contribution in [0.4, 0.5) is 0 Å². The standard InChI is InChI=1S/C3H7.2ClH.Zr/c1-3-2;;;/h3H,1-2H3;2*1H;/q-1;;;+3/p-2. The van der Waals surface area contributed by atoms with Crippen LogP contribution in [0.1, 0.15) is 13.8 Å². The Bertz CT molecular complexity index is 8.75. The third kappa shape index (κ3) is 50.8. The molecule has 0 fully saturated rings. The van der Waals surface area contributed by atoms with Crippen molar-refractivity contribution in [1.29, 1.82) is 0 Å². The van der Waals surface area contributed by atoms with Gasteiger partial charge in [0.05, 0.1) is 0 Å². The van der Waals surface area contributed by atoms with E-state index in [1.54, 1.807) is 0 Å². The second-order valence-corrected chi connectivity index (χ2v) is 0.577. The zero-order valence-electron chi connectivity index (χ0n) is 3.83. The van der Waals surface area contributed by atoms with Crippen LogP contribution >= 0.6 is 0 Å². The van der Waals surface area contributed by atoms with Gasteiger partial charge in [-0.05, 0) is 0 Å². The van der Waals surface area contributed by atoms with E-state index in [9.17, 15) is 0 Å². The monoisotopic (exact) mass is 203 g/mol. The topological polar surface area (TPSA) is 0 Å². The summed E-state index contributed by atoms with van der Waals surface area (Å²) < 4.78 is 0. The van der Waals surface area contributed by atoms with Gasteiger partial charge in [-0.15, -0.1) is 0 Å². The summed E-state index contributed by atoms with van der Waals surface area (Å²) in [4.78, 5) is 0. The smallest absolute Gasteiger partial charge is 1.00 e. The van der Waals surface area contributed by atoms with Gasteiger partial charge in [-0.1, -0.05) is 0 Å². The molecule has 0 saturated carbocycles. The van der Waals surface area contributed by atoms with Gasteiger partial charge in [0, 0.05) is 0 Å². The molecule has 0 aliphatic carbocycles. The average molecular weight is 205 g/mol. The molecule has 0 bridgehead atoms. The second kappa shape index (κ2) is 31.8. The zero-order valence-corrected chi connectivity index (χ0v) is 7.80. The molecule has 3 heteroatoms. The summed E-state index contributed by atoms with van der Waals surface area (Å²) in [7, 11) is 0. The summed E-state index contributed by atoms with van der Waals surface area (Å²) in [5, 5.41) is 0. The van der Waals surface area contributed by atoms with E-state index in [1.807, 2.05) is 20.3 Å². The van der Waals surface area contributed by atoms with Crippen molar-refractivity contribution in [2.24, 2.45) is 0 Å². The maximum atomic E-state index is 2.00. The number of hydrogen-bond acceptors (Lipinski definition) is 0. The van der Waals surface area contributed by atoms with Crippen LogP contribution in [0.2, 0.25) is 0 Å². The van der Waals surface area contributed by atoms with Gasteiger partial charge < -0.3 is 31.2 Å². The van der Waals surface area contributed by atoms with Crippen molar-refractivity contribution in [3.05, 3.63) is 6.42 Å². The summed E-state index contributed by atoms with van der Waals surface area (Å²) in [6, 6.07) is 0. The molecule has 37 valence electrons. The molecule has 0 aromatic rings. The minimum Gasteiger partial charge on any atom is -1.00 e. The average Bonchev–Trinajstić information content (AvgIpc) is 0.918. The van der Waals surface area contributed by atoms with Crippen LogP contribution < -0.4 is 24.8 Å². The molecule has 0 aromatic heterocycles. The van der Waals surface area contributed by atoms with E-state index in [1.165, 1.54) is 0 Å². The summed E-state index contributed by atoms with van der Waals surface area (Å²) >= 11 is 0. The van der Waals surface area contributed by atoms with E-state index in [2.05, 4.69) is 0 Å². The van der Waals surface area contributed by atoms with Crippen molar-refractivity contribution in [2.45, 2.75) is 13.8 Å². The summed E-state index contributed by atoms with van der Waals surface area (Å²) in [5.41, 5.74) is 0. The molecule has 0 aromatic carbocycles. The summed E-state index contributed by atoms with van der Waals surface area (Å²) in [6.07, 6.45) is 2.00. The van der Waals surface area contributed by atoms with Gasteiger partial charge in [-0.25, -0.2) is 0 Å². The zero-order chi connectivity index (χ0) is 2.71. The molecule has 0 heterocycles. The van der Waals surface area contributed by atoms with Gasteiger partial charge in [-0.2, -0.15) is 13.8 Å². The predicted molar refractivity (Wildman–Crippen MR) is 15.6 cm³/mol. The van der Waals surface area contributed by atoms with E-state index in [4.69, 9.17) is 0 Å². The molecular weight excluding hydrogens is 198 g/mol. The predicted octanol–water partition coefficient (Wildman–Crippen LogP) is -4.76. The van der Waals surface area contributed by atoms with Gasteiger partial charge in [0.15, 0.2) is 0 Å². The molecule has 0 unspecified atom stereocenters. The van der Waals surface area contributed by atoms with Crippen LogP contribution in [-0.2, 0) is 26.2 Å². The Morgan fingerprint density at radius 3 is 1.00 bits per heavy atom. The molecule has 0 rings (SSSR count). The third-order valence-electron chi connectivity index (χ3n) is 0. The van der Waals surface area contributed by atoms with E-state index in [0.29, 0.717) is 0 Å². The van der Waals surface area contributed by atoms with Crippen LogP contribution in [-0.4, -0.2) is 0 Å². The van der Waals surface area contributed by atoms with Gasteiger partial charge in [0.25, 0.3) is 0 Å². The van der Waals surface area contributed by atoms with E-state index in [0.717, 1.165) is 0 Å². The van der Waals surface area contributed by atoms with Crippen molar-refractivity contribution < 1.29 is 51.0 Å². The first-order valence-electron chi connectivity index (χ1n) is 1.15. The van der Waals surface area contributed by atoms with E-state index >= 15 is 0 Å². The van der Waals surface area contributed by atoms with Gasteiger partial charge in [0.2, 0.25) is 0 Å². The SMILES string of the molecule is C[CH-]C.[Cl-].[Cl-].[Zr+3]. The Hall–Kier alpha value is 1.46. The van der Waals surface area contributed by atoms with Crippen molar-refractivity contribution in [1.82, 2.24) is 0 Å². The van der Waals surface area contributed by atoms with Crippen LogP contribution in [0.15, 0.2) is 0 Å². The van der Waals surface area contributed by atoms with Crippen molar-refractivity contribution in [3.63, 3.8) is 0 Å². The van der Waals surface area contributed by atoms with Crippen LogP contribution in [0.5, 0.6) is 0 Å². The van der Waals surface area contributed by atoms with Crippen molar-refractivity contribution >= 4 is 0 Å². The minimum absolute atomic E-state index is 0. The van der Waals surface area contributed by atoms with Crippen LogP contribution in [0.25, 0.3) is 0 Å². The van der Waals surface area contributed by atoms with E-state index < -0.39 is 0 Å². The third-order valence-corrected chi connectivity index (χ3v) is 0. The van der Waals surface area contributed by atoms with Gasteiger partial charge >= 0.3 is 26.2 Å². The molecule has 0 nitrogen and oxygen atoms in total. The Morgan fingerprint density at radius 1 is 1.00 bits per heavy atom. The molecule has 0 spiro atoms. The summed E-state index contributed by atoms with van der Waals surface area (Å²) in [6.45, 7) is 4.00. The Balaban J connectivity index is -0.00000000667. The number of rotatable bonds is 0. The Morgan fingerprint density at radius 2 is 1.00 bits per heavy atom. The quantitative estimate of drug-likeness (QED) is 0.348. The molecule has 0 atom stereocenters. The van der Waals surface area contributed by atoms with Gasteiger partial charge in [-0.3, -0.25) is 0 Å². The molecule has 0 saturated heterocycles. The molecule has 0 aliphatic rings. The maximum Gasteiger partial charge on any atom is 3.00 e. The molecule has 0 amide bonds. The normalized spacial score (nSPS) is 3.00. The maximum absolute atomic E-state index is 2.00. The van der Waals surface area contributed by atoms with Crippen molar-refractivity contribution in [3.8, 4) is 0 Å².